The average molecular weight is 447 g/mol. The van der Waals surface area contributed by atoms with Crippen LogP contribution in [0.15, 0.2) is 53.4 Å². The molecule has 0 radical (unpaired) electrons. The molecule has 1 amide bonds. The monoisotopic (exact) mass is 446 g/mol. The van der Waals surface area contributed by atoms with Crippen molar-refractivity contribution in [2.24, 2.45) is 0 Å². The Kier molecular flexibility index (Phi) is 8.62. The second kappa shape index (κ2) is 10.9. The van der Waals surface area contributed by atoms with E-state index in [2.05, 4.69) is 5.32 Å². The minimum atomic E-state index is -3.90. The number of carbonyl (C=O) groups excluding carboxylic acids is 2. The van der Waals surface area contributed by atoms with Crippen molar-refractivity contribution in [1.82, 2.24) is 5.32 Å². The number of benzene rings is 2. The highest BCUT2D eigenvalue weighted by Gasteiger charge is 2.26. The topological polar surface area (TPSA) is 92.8 Å². The molecule has 1 N–H and O–H groups in total. The van der Waals surface area contributed by atoms with Crippen LogP contribution < -0.4 is 9.62 Å². The lowest BCUT2D eigenvalue weighted by molar-refractivity contribution is -0.125. The van der Waals surface area contributed by atoms with Gasteiger partial charge in [0, 0.05) is 12.6 Å². The first-order valence-electron chi connectivity index (χ1n) is 10.4. The molecule has 168 valence electrons. The fourth-order valence-corrected chi connectivity index (χ4v) is 4.91. The Labute approximate surface area is 184 Å². The van der Waals surface area contributed by atoms with Crippen molar-refractivity contribution in [3.8, 4) is 0 Å². The number of anilines is 1. The van der Waals surface area contributed by atoms with Crippen molar-refractivity contribution in [1.29, 1.82) is 0 Å². The molecule has 0 atom stereocenters. The summed E-state index contributed by atoms with van der Waals surface area (Å²) in [4.78, 5) is 24.5. The van der Waals surface area contributed by atoms with Crippen LogP contribution in [-0.2, 0) is 19.6 Å². The van der Waals surface area contributed by atoms with E-state index in [1.54, 1.807) is 44.2 Å². The summed E-state index contributed by atoms with van der Waals surface area (Å²) < 4.78 is 33.0. The van der Waals surface area contributed by atoms with Gasteiger partial charge in [-0.25, -0.2) is 13.2 Å². The molecule has 0 aliphatic carbocycles. The lowest BCUT2D eigenvalue weighted by Gasteiger charge is -2.24. The van der Waals surface area contributed by atoms with Gasteiger partial charge >= 0.3 is 5.97 Å². The molecule has 0 aromatic heterocycles. The van der Waals surface area contributed by atoms with Gasteiger partial charge in [-0.05, 0) is 56.5 Å². The number of rotatable bonds is 10. The summed E-state index contributed by atoms with van der Waals surface area (Å²) in [6.45, 7) is 7.15. The maximum absolute atomic E-state index is 13.3. The van der Waals surface area contributed by atoms with E-state index in [1.807, 2.05) is 19.9 Å². The Morgan fingerprint density at radius 3 is 2.26 bits per heavy atom. The number of esters is 1. The number of nitrogens with zero attached hydrogens (tertiary/aromatic N) is 1. The molecule has 0 fully saturated rings. The van der Waals surface area contributed by atoms with Crippen molar-refractivity contribution in [2.75, 3.05) is 17.5 Å². The summed E-state index contributed by atoms with van der Waals surface area (Å²) in [6.07, 6.45) is 1.56. The van der Waals surface area contributed by atoms with E-state index in [1.165, 1.54) is 16.4 Å². The Bertz CT molecular complexity index is 1000. The van der Waals surface area contributed by atoms with Gasteiger partial charge in [0.05, 0.1) is 16.1 Å². The highest BCUT2D eigenvalue weighted by Crippen LogP contribution is 2.26. The van der Waals surface area contributed by atoms with Gasteiger partial charge in [0.1, 0.15) is 0 Å². The van der Waals surface area contributed by atoms with Crippen molar-refractivity contribution in [3.63, 3.8) is 0 Å². The SMILES string of the molecule is CCC(CC)NC(=O)COC(=O)c1ccc(C)c(S(=O)(=O)N(CC)c2ccccc2)c1. The van der Waals surface area contributed by atoms with E-state index in [0.717, 1.165) is 12.8 Å². The number of amides is 1. The zero-order chi connectivity index (χ0) is 23.0. The van der Waals surface area contributed by atoms with Crippen molar-refractivity contribution in [2.45, 2.75) is 51.5 Å². The van der Waals surface area contributed by atoms with Crippen LogP contribution in [0.2, 0.25) is 0 Å². The number of sulfonamides is 1. The normalized spacial score (nSPS) is 11.3. The maximum Gasteiger partial charge on any atom is 0.338 e. The van der Waals surface area contributed by atoms with Crippen LogP contribution in [0.5, 0.6) is 0 Å². The van der Waals surface area contributed by atoms with Gasteiger partial charge in [-0.3, -0.25) is 9.10 Å². The quantitative estimate of drug-likeness (QED) is 0.562. The predicted octanol–water partition coefficient (Wildman–Crippen LogP) is 3.67. The smallest absolute Gasteiger partial charge is 0.338 e. The van der Waals surface area contributed by atoms with E-state index >= 15 is 0 Å². The third-order valence-electron chi connectivity index (χ3n) is 5.01. The van der Waals surface area contributed by atoms with Crippen LogP contribution in [-0.4, -0.2) is 39.5 Å². The van der Waals surface area contributed by atoms with Crippen molar-refractivity contribution in [3.05, 3.63) is 59.7 Å². The average Bonchev–Trinajstić information content (AvgIpc) is 2.77. The van der Waals surface area contributed by atoms with Gasteiger partial charge in [-0.15, -0.1) is 0 Å². The molecule has 0 aliphatic heterocycles. The van der Waals surface area contributed by atoms with E-state index < -0.39 is 22.6 Å². The summed E-state index contributed by atoms with van der Waals surface area (Å²) in [5.74, 6) is -1.14. The fraction of sp³-hybridized carbons (Fsp3) is 0.391. The number of carbonyl (C=O) groups is 2. The Morgan fingerprint density at radius 2 is 1.68 bits per heavy atom. The second-order valence-corrected chi connectivity index (χ2v) is 8.97. The van der Waals surface area contributed by atoms with Crippen LogP contribution in [0, 0.1) is 6.92 Å². The molecule has 0 unspecified atom stereocenters. The maximum atomic E-state index is 13.3. The van der Waals surface area contributed by atoms with Crippen molar-refractivity contribution >= 4 is 27.6 Å². The Hall–Kier alpha value is -2.87. The second-order valence-electron chi connectivity index (χ2n) is 7.14. The van der Waals surface area contributed by atoms with E-state index in [4.69, 9.17) is 4.74 Å². The summed E-state index contributed by atoms with van der Waals surface area (Å²) in [5, 5.41) is 2.79. The molecule has 2 aromatic carbocycles. The van der Waals surface area contributed by atoms with E-state index in [-0.39, 0.29) is 29.0 Å². The lowest BCUT2D eigenvalue weighted by atomic mass is 10.1. The summed E-state index contributed by atoms with van der Waals surface area (Å²) >= 11 is 0. The van der Waals surface area contributed by atoms with Gasteiger partial charge in [-0.1, -0.05) is 38.1 Å². The van der Waals surface area contributed by atoms with Crippen LogP contribution in [0.1, 0.15) is 49.5 Å². The molecule has 0 saturated carbocycles. The molecule has 7 nitrogen and oxygen atoms in total. The van der Waals surface area contributed by atoms with Gasteiger partial charge in [0.25, 0.3) is 15.9 Å². The van der Waals surface area contributed by atoms with Gasteiger partial charge in [-0.2, -0.15) is 0 Å². The first-order valence-corrected chi connectivity index (χ1v) is 11.8. The third-order valence-corrected chi connectivity index (χ3v) is 7.05. The molecular weight excluding hydrogens is 416 g/mol. The molecule has 2 aromatic rings. The molecular formula is C23H30N2O5S. The number of hydrogen-bond acceptors (Lipinski definition) is 5. The largest absolute Gasteiger partial charge is 0.452 e. The number of para-hydroxylation sites is 1. The molecule has 0 aliphatic rings. The van der Waals surface area contributed by atoms with Gasteiger partial charge in [0.15, 0.2) is 6.61 Å². The summed E-state index contributed by atoms with van der Waals surface area (Å²) in [5.41, 5.74) is 1.12. The predicted molar refractivity (Wildman–Crippen MR) is 121 cm³/mol. The van der Waals surface area contributed by atoms with E-state index in [9.17, 15) is 18.0 Å². The molecule has 0 saturated heterocycles. The zero-order valence-corrected chi connectivity index (χ0v) is 19.2. The Balaban J connectivity index is 2.22. The van der Waals surface area contributed by atoms with Gasteiger partial charge in [0.2, 0.25) is 0 Å². The fourth-order valence-electron chi connectivity index (χ4n) is 3.19. The number of aryl methyl sites for hydroxylation is 1. The van der Waals surface area contributed by atoms with Crippen LogP contribution in [0.3, 0.4) is 0 Å². The summed E-state index contributed by atoms with van der Waals surface area (Å²) in [7, 11) is -3.90. The lowest BCUT2D eigenvalue weighted by Crippen LogP contribution is -2.36. The van der Waals surface area contributed by atoms with Crippen LogP contribution in [0.25, 0.3) is 0 Å². The minimum Gasteiger partial charge on any atom is -0.452 e. The molecule has 31 heavy (non-hydrogen) atoms. The highest BCUT2D eigenvalue weighted by molar-refractivity contribution is 7.92. The number of nitrogens with one attached hydrogen (secondary N) is 1. The van der Waals surface area contributed by atoms with Crippen LogP contribution >= 0.6 is 0 Å². The molecule has 0 bridgehead atoms. The molecule has 2 rings (SSSR count). The third kappa shape index (κ3) is 6.07. The minimum absolute atomic E-state index is 0.0223. The van der Waals surface area contributed by atoms with Gasteiger partial charge < -0.3 is 10.1 Å². The first kappa shape index (κ1) is 24.4. The number of ether oxygens (including phenoxy) is 1. The Morgan fingerprint density at radius 1 is 1.03 bits per heavy atom. The highest BCUT2D eigenvalue weighted by atomic mass is 32.2. The summed E-state index contributed by atoms with van der Waals surface area (Å²) in [6, 6.07) is 13.2. The molecule has 0 heterocycles. The van der Waals surface area contributed by atoms with Crippen LogP contribution in [0.4, 0.5) is 5.69 Å². The van der Waals surface area contributed by atoms with E-state index in [0.29, 0.717) is 11.3 Å². The first-order chi connectivity index (χ1) is 14.7. The molecule has 0 spiro atoms. The standard InChI is InChI=1S/C23H30N2O5S/c1-5-19(6-2)24-22(26)16-30-23(27)18-14-13-17(4)21(15-18)31(28,29)25(7-3)20-11-9-8-10-12-20/h8-15,19H,5-7,16H2,1-4H3,(H,24,26). The number of hydrogen-bond donors (Lipinski definition) is 1. The molecule has 8 heteroatoms. The van der Waals surface area contributed by atoms with Crippen molar-refractivity contribution < 1.29 is 22.7 Å². The zero-order valence-electron chi connectivity index (χ0n) is 18.4.